The number of ether oxygens (including phenoxy) is 2. The van der Waals surface area contributed by atoms with Gasteiger partial charge in [0.2, 0.25) is 11.7 Å². The summed E-state index contributed by atoms with van der Waals surface area (Å²) >= 11 is 0. The minimum absolute atomic E-state index is 0.00831. The molecule has 0 fully saturated rings. The summed E-state index contributed by atoms with van der Waals surface area (Å²) in [4.78, 5) is 19.4. The maximum Gasteiger partial charge on any atom is 0.254 e. The highest BCUT2D eigenvalue weighted by Crippen LogP contribution is 2.31. The number of hydrogen-bond acceptors (Lipinski definition) is 6. The molecule has 3 rings (SSSR count). The number of nitrogens with zero attached hydrogens (tertiary/aromatic N) is 3. The van der Waals surface area contributed by atoms with Gasteiger partial charge in [0, 0.05) is 30.1 Å². The SMILES string of the molecule is CC[C@@H](C)N(CCc1nc(-c2ccc(OC)c(OC)c2)no1)C(=O)c1ccc(C)cc1. The van der Waals surface area contributed by atoms with Crippen LogP contribution >= 0.6 is 0 Å². The second-order valence-electron chi connectivity index (χ2n) is 7.45. The second kappa shape index (κ2) is 10.1. The lowest BCUT2D eigenvalue weighted by atomic mass is 10.1. The van der Waals surface area contributed by atoms with E-state index in [1.807, 2.05) is 42.2 Å². The Morgan fingerprint density at radius 1 is 1.10 bits per heavy atom. The van der Waals surface area contributed by atoms with Gasteiger partial charge in [-0.15, -0.1) is 0 Å². The molecule has 0 aliphatic carbocycles. The third-order valence-corrected chi connectivity index (χ3v) is 5.36. The van der Waals surface area contributed by atoms with Gasteiger partial charge in [-0.05, 0) is 50.6 Å². The molecule has 0 unspecified atom stereocenters. The molecule has 7 heteroatoms. The number of benzene rings is 2. The summed E-state index contributed by atoms with van der Waals surface area (Å²) in [6.07, 6.45) is 1.33. The van der Waals surface area contributed by atoms with Crippen LogP contribution in [0.25, 0.3) is 11.4 Å². The van der Waals surface area contributed by atoms with Crippen LogP contribution in [-0.2, 0) is 6.42 Å². The molecule has 1 heterocycles. The molecule has 31 heavy (non-hydrogen) atoms. The fraction of sp³-hybridized carbons (Fsp3) is 0.375. The Morgan fingerprint density at radius 3 is 2.45 bits per heavy atom. The average molecular weight is 424 g/mol. The fourth-order valence-corrected chi connectivity index (χ4v) is 3.27. The fourth-order valence-electron chi connectivity index (χ4n) is 3.27. The monoisotopic (exact) mass is 423 g/mol. The molecule has 0 aliphatic heterocycles. The van der Waals surface area contributed by atoms with Gasteiger partial charge in [-0.25, -0.2) is 0 Å². The molecule has 0 bridgehead atoms. The van der Waals surface area contributed by atoms with E-state index in [2.05, 4.69) is 24.0 Å². The third-order valence-electron chi connectivity index (χ3n) is 5.36. The van der Waals surface area contributed by atoms with Crippen molar-refractivity contribution in [3.05, 3.63) is 59.5 Å². The zero-order valence-corrected chi connectivity index (χ0v) is 18.7. The first kappa shape index (κ1) is 22.3. The van der Waals surface area contributed by atoms with Crippen LogP contribution in [0.1, 0.15) is 42.1 Å². The number of hydrogen-bond donors (Lipinski definition) is 0. The predicted octanol–water partition coefficient (Wildman–Crippen LogP) is 4.55. The van der Waals surface area contributed by atoms with Gasteiger partial charge < -0.3 is 18.9 Å². The third kappa shape index (κ3) is 5.23. The van der Waals surface area contributed by atoms with E-state index in [0.29, 0.717) is 41.7 Å². The Kier molecular flexibility index (Phi) is 7.28. The highest BCUT2D eigenvalue weighted by Gasteiger charge is 2.21. The van der Waals surface area contributed by atoms with Crippen molar-refractivity contribution in [3.63, 3.8) is 0 Å². The van der Waals surface area contributed by atoms with Gasteiger partial charge in [0.1, 0.15) is 0 Å². The molecule has 164 valence electrons. The van der Waals surface area contributed by atoms with Crippen molar-refractivity contribution < 1.29 is 18.8 Å². The van der Waals surface area contributed by atoms with Gasteiger partial charge in [0.25, 0.3) is 5.91 Å². The van der Waals surface area contributed by atoms with Crippen LogP contribution in [0.4, 0.5) is 0 Å². The summed E-state index contributed by atoms with van der Waals surface area (Å²) in [5.74, 6) is 2.19. The summed E-state index contributed by atoms with van der Waals surface area (Å²) in [7, 11) is 3.17. The standard InChI is InChI=1S/C24H29N3O4/c1-6-17(3)27(24(28)18-9-7-16(2)8-10-18)14-13-22-25-23(26-31-22)19-11-12-20(29-4)21(15-19)30-5/h7-12,15,17H,6,13-14H2,1-5H3/t17-/m1/s1. The summed E-state index contributed by atoms with van der Waals surface area (Å²) < 4.78 is 16.1. The van der Waals surface area contributed by atoms with Crippen molar-refractivity contribution >= 4 is 5.91 Å². The molecular weight excluding hydrogens is 394 g/mol. The highest BCUT2D eigenvalue weighted by atomic mass is 16.5. The Hall–Kier alpha value is -3.35. The number of aryl methyl sites for hydroxylation is 1. The lowest BCUT2D eigenvalue weighted by Gasteiger charge is -2.28. The van der Waals surface area contributed by atoms with Gasteiger partial charge in [-0.1, -0.05) is 29.8 Å². The maximum atomic E-state index is 13.1. The Morgan fingerprint density at radius 2 is 1.81 bits per heavy atom. The Balaban J connectivity index is 1.73. The van der Waals surface area contributed by atoms with E-state index in [1.165, 1.54) is 0 Å². The molecule has 2 aromatic carbocycles. The molecule has 0 saturated heterocycles. The second-order valence-corrected chi connectivity index (χ2v) is 7.45. The molecule has 0 aliphatic rings. The summed E-state index contributed by atoms with van der Waals surface area (Å²) in [5.41, 5.74) is 2.57. The van der Waals surface area contributed by atoms with Crippen LogP contribution in [0.15, 0.2) is 47.0 Å². The van der Waals surface area contributed by atoms with Gasteiger partial charge in [-0.2, -0.15) is 4.98 Å². The minimum atomic E-state index is 0.00831. The van der Waals surface area contributed by atoms with Crippen molar-refractivity contribution in [2.45, 2.75) is 39.7 Å². The summed E-state index contributed by atoms with van der Waals surface area (Å²) in [6.45, 7) is 6.62. The molecule has 0 saturated carbocycles. The normalized spacial score (nSPS) is 11.8. The van der Waals surface area contributed by atoms with E-state index in [0.717, 1.165) is 17.5 Å². The van der Waals surface area contributed by atoms with Crippen LogP contribution in [0.2, 0.25) is 0 Å². The first-order chi connectivity index (χ1) is 15.0. The smallest absolute Gasteiger partial charge is 0.254 e. The van der Waals surface area contributed by atoms with Crippen molar-refractivity contribution in [3.8, 4) is 22.9 Å². The lowest BCUT2D eigenvalue weighted by molar-refractivity contribution is 0.0686. The topological polar surface area (TPSA) is 77.7 Å². The van der Waals surface area contributed by atoms with E-state index in [-0.39, 0.29) is 11.9 Å². The summed E-state index contributed by atoms with van der Waals surface area (Å²) in [5, 5.41) is 4.09. The number of carbonyl (C=O) groups is 1. The predicted molar refractivity (Wildman–Crippen MR) is 119 cm³/mol. The molecule has 0 N–H and O–H groups in total. The van der Waals surface area contributed by atoms with Crippen LogP contribution in [0.3, 0.4) is 0 Å². The van der Waals surface area contributed by atoms with Crippen molar-refractivity contribution in [2.24, 2.45) is 0 Å². The van der Waals surface area contributed by atoms with Crippen molar-refractivity contribution in [1.29, 1.82) is 0 Å². The Bertz CT molecular complexity index is 1010. The number of methoxy groups -OCH3 is 2. The zero-order chi connectivity index (χ0) is 22.4. The average Bonchev–Trinajstić information content (AvgIpc) is 3.27. The quantitative estimate of drug-likeness (QED) is 0.503. The van der Waals surface area contributed by atoms with Crippen LogP contribution < -0.4 is 9.47 Å². The van der Waals surface area contributed by atoms with E-state index in [1.54, 1.807) is 26.4 Å². The molecule has 7 nitrogen and oxygen atoms in total. The molecule has 0 radical (unpaired) electrons. The summed E-state index contributed by atoms with van der Waals surface area (Å²) in [6, 6.07) is 13.2. The number of amides is 1. The van der Waals surface area contributed by atoms with Crippen molar-refractivity contribution in [1.82, 2.24) is 15.0 Å². The molecule has 1 amide bonds. The molecule has 3 aromatic rings. The van der Waals surface area contributed by atoms with Crippen LogP contribution in [0, 0.1) is 6.92 Å². The van der Waals surface area contributed by atoms with E-state index >= 15 is 0 Å². The first-order valence-corrected chi connectivity index (χ1v) is 10.4. The van der Waals surface area contributed by atoms with Crippen LogP contribution in [0.5, 0.6) is 11.5 Å². The minimum Gasteiger partial charge on any atom is -0.493 e. The number of aromatic nitrogens is 2. The molecule has 1 atom stereocenters. The zero-order valence-electron chi connectivity index (χ0n) is 18.7. The number of rotatable bonds is 9. The highest BCUT2D eigenvalue weighted by molar-refractivity contribution is 5.94. The van der Waals surface area contributed by atoms with E-state index in [4.69, 9.17) is 14.0 Å². The van der Waals surface area contributed by atoms with Gasteiger partial charge in [-0.3, -0.25) is 4.79 Å². The molecule has 0 spiro atoms. The van der Waals surface area contributed by atoms with E-state index < -0.39 is 0 Å². The van der Waals surface area contributed by atoms with Gasteiger partial charge in [0.15, 0.2) is 11.5 Å². The maximum absolute atomic E-state index is 13.1. The van der Waals surface area contributed by atoms with Crippen LogP contribution in [-0.4, -0.2) is 47.8 Å². The molecular formula is C24H29N3O4. The largest absolute Gasteiger partial charge is 0.493 e. The van der Waals surface area contributed by atoms with Gasteiger partial charge >= 0.3 is 0 Å². The lowest BCUT2D eigenvalue weighted by Crippen LogP contribution is -2.39. The first-order valence-electron chi connectivity index (χ1n) is 10.4. The van der Waals surface area contributed by atoms with E-state index in [9.17, 15) is 4.79 Å². The molecule has 1 aromatic heterocycles. The van der Waals surface area contributed by atoms with Crippen molar-refractivity contribution in [2.75, 3.05) is 20.8 Å². The Labute approximate surface area is 183 Å². The number of carbonyl (C=O) groups excluding carboxylic acids is 1. The van der Waals surface area contributed by atoms with Gasteiger partial charge in [0.05, 0.1) is 14.2 Å².